The van der Waals surface area contributed by atoms with Gasteiger partial charge in [-0.2, -0.15) is 0 Å². The number of aromatic nitrogens is 1. The summed E-state index contributed by atoms with van der Waals surface area (Å²) in [4.78, 5) is 4.60. The van der Waals surface area contributed by atoms with E-state index in [1.165, 1.54) is 11.1 Å². The van der Waals surface area contributed by atoms with Crippen LogP contribution < -0.4 is 10.1 Å². The Hall–Kier alpha value is -2.33. The topological polar surface area (TPSA) is 47.3 Å². The minimum absolute atomic E-state index is 0.123. The molecule has 1 unspecified atom stereocenters. The third-order valence-electron chi connectivity index (χ3n) is 3.99. The van der Waals surface area contributed by atoms with Gasteiger partial charge in [0.2, 0.25) is 5.89 Å². The summed E-state index contributed by atoms with van der Waals surface area (Å²) in [6.45, 7) is 0.850. The van der Waals surface area contributed by atoms with Crippen LogP contribution in [0.5, 0.6) is 5.75 Å². The molecular weight excluding hydrogens is 264 g/mol. The van der Waals surface area contributed by atoms with Crippen molar-refractivity contribution >= 4 is 11.1 Å². The SMILES string of the molecule is COc1ccc2nc(C3Cc4ccccc4CN3)oc2c1. The monoisotopic (exact) mass is 280 g/mol. The van der Waals surface area contributed by atoms with Gasteiger partial charge in [0.1, 0.15) is 11.3 Å². The molecule has 0 saturated carbocycles. The molecule has 106 valence electrons. The highest BCUT2D eigenvalue weighted by Crippen LogP contribution is 2.29. The van der Waals surface area contributed by atoms with Crippen LogP contribution in [0.15, 0.2) is 46.9 Å². The van der Waals surface area contributed by atoms with E-state index in [9.17, 15) is 0 Å². The van der Waals surface area contributed by atoms with E-state index in [0.29, 0.717) is 0 Å². The number of benzene rings is 2. The summed E-state index contributed by atoms with van der Waals surface area (Å²) in [7, 11) is 1.65. The molecule has 0 radical (unpaired) electrons. The Bertz CT molecular complexity index is 794. The number of hydrogen-bond donors (Lipinski definition) is 1. The van der Waals surface area contributed by atoms with Gasteiger partial charge in [-0.25, -0.2) is 4.98 Å². The molecule has 21 heavy (non-hydrogen) atoms. The molecule has 0 bridgehead atoms. The van der Waals surface area contributed by atoms with Crippen molar-refractivity contribution in [1.29, 1.82) is 0 Å². The minimum Gasteiger partial charge on any atom is -0.497 e. The highest BCUT2D eigenvalue weighted by molar-refractivity contribution is 5.74. The molecule has 1 atom stereocenters. The highest BCUT2D eigenvalue weighted by atomic mass is 16.5. The zero-order valence-corrected chi connectivity index (χ0v) is 11.8. The van der Waals surface area contributed by atoms with Gasteiger partial charge >= 0.3 is 0 Å². The van der Waals surface area contributed by atoms with Crippen LogP contribution in [-0.4, -0.2) is 12.1 Å². The van der Waals surface area contributed by atoms with E-state index in [1.807, 2.05) is 18.2 Å². The van der Waals surface area contributed by atoms with Crippen molar-refractivity contribution in [3.8, 4) is 5.75 Å². The molecule has 1 aliphatic heterocycles. The molecule has 2 heterocycles. The molecule has 3 aromatic rings. The van der Waals surface area contributed by atoms with Crippen molar-refractivity contribution in [1.82, 2.24) is 10.3 Å². The summed E-state index contributed by atoms with van der Waals surface area (Å²) < 4.78 is 11.1. The quantitative estimate of drug-likeness (QED) is 0.783. The molecule has 0 fully saturated rings. The Balaban J connectivity index is 1.68. The van der Waals surface area contributed by atoms with Gasteiger partial charge in [-0.15, -0.1) is 0 Å². The number of rotatable bonds is 2. The lowest BCUT2D eigenvalue weighted by molar-refractivity contribution is 0.393. The van der Waals surface area contributed by atoms with Gasteiger partial charge in [-0.1, -0.05) is 24.3 Å². The number of fused-ring (bicyclic) bond motifs is 2. The predicted molar refractivity (Wildman–Crippen MR) is 80.3 cm³/mol. The van der Waals surface area contributed by atoms with Gasteiger partial charge < -0.3 is 14.5 Å². The Morgan fingerprint density at radius 2 is 2.05 bits per heavy atom. The summed E-state index contributed by atoms with van der Waals surface area (Å²) in [5.74, 6) is 1.53. The van der Waals surface area contributed by atoms with Crippen LogP contribution >= 0.6 is 0 Å². The van der Waals surface area contributed by atoms with Crippen molar-refractivity contribution in [2.75, 3.05) is 7.11 Å². The summed E-state index contributed by atoms with van der Waals surface area (Å²) in [5.41, 5.74) is 4.35. The Morgan fingerprint density at radius 3 is 2.90 bits per heavy atom. The van der Waals surface area contributed by atoms with E-state index >= 15 is 0 Å². The fourth-order valence-electron chi connectivity index (χ4n) is 2.83. The van der Waals surface area contributed by atoms with Crippen LogP contribution in [0.1, 0.15) is 23.1 Å². The van der Waals surface area contributed by atoms with Crippen LogP contribution in [0, 0.1) is 0 Å². The molecule has 0 spiro atoms. The lowest BCUT2D eigenvalue weighted by Crippen LogP contribution is -2.28. The number of oxazole rings is 1. The van der Waals surface area contributed by atoms with E-state index < -0.39 is 0 Å². The summed E-state index contributed by atoms with van der Waals surface area (Å²) in [6.07, 6.45) is 0.903. The average Bonchev–Trinajstić information content (AvgIpc) is 2.97. The molecule has 0 amide bonds. The second kappa shape index (κ2) is 4.90. The first-order valence-corrected chi connectivity index (χ1v) is 7.08. The summed E-state index contributed by atoms with van der Waals surface area (Å²) in [6, 6.07) is 14.3. The highest BCUT2D eigenvalue weighted by Gasteiger charge is 2.23. The van der Waals surface area contributed by atoms with Gasteiger partial charge in [0.15, 0.2) is 5.58 Å². The van der Waals surface area contributed by atoms with Crippen molar-refractivity contribution < 1.29 is 9.15 Å². The average molecular weight is 280 g/mol. The molecule has 4 rings (SSSR count). The Kier molecular flexibility index (Phi) is 2.89. The molecule has 1 aromatic heterocycles. The van der Waals surface area contributed by atoms with Gasteiger partial charge in [-0.3, -0.25) is 0 Å². The van der Waals surface area contributed by atoms with Crippen LogP contribution in [0.2, 0.25) is 0 Å². The van der Waals surface area contributed by atoms with Gasteiger partial charge in [-0.05, 0) is 29.7 Å². The van der Waals surface area contributed by atoms with Crippen LogP contribution in [-0.2, 0) is 13.0 Å². The van der Waals surface area contributed by atoms with Gasteiger partial charge in [0.25, 0.3) is 0 Å². The molecule has 0 aliphatic carbocycles. The molecule has 1 aliphatic rings. The maximum absolute atomic E-state index is 5.91. The van der Waals surface area contributed by atoms with E-state index in [0.717, 1.165) is 35.7 Å². The second-order valence-corrected chi connectivity index (χ2v) is 5.29. The van der Waals surface area contributed by atoms with E-state index in [-0.39, 0.29) is 6.04 Å². The number of methoxy groups -OCH3 is 1. The van der Waals surface area contributed by atoms with Crippen molar-refractivity contribution in [3.63, 3.8) is 0 Å². The predicted octanol–water partition coefficient (Wildman–Crippen LogP) is 3.22. The Morgan fingerprint density at radius 1 is 1.19 bits per heavy atom. The fraction of sp³-hybridized carbons (Fsp3) is 0.235. The maximum atomic E-state index is 5.91. The van der Waals surface area contributed by atoms with Crippen LogP contribution in [0.3, 0.4) is 0 Å². The van der Waals surface area contributed by atoms with Crippen molar-refractivity contribution in [2.24, 2.45) is 0 Å². The number of nitrogens with zero attached hydrogens (tertiary/aromatic N) is 1. The Labute approximate surface area is 122 Å². The summed E-state index contributed by atoms with van der Waals surface area (Å²) in [5, 5.41) is 3.49. The molecule has 0 saturated heterocycles. The van der Waals surface area contributed by atoms with Crippen molar-refractivity contribution in [3.05, 3.63) is 59.5 Å². The first kappa shape index (κ1) is 12.4. The minimum atomic E-state index is 0.123. The van der Waals surface area contributed by atoms with E-state index in [1.54, 1.807) is 7.11 Å². The third kappa shape index (κ3) is 2.17. The maximum Gasteiger partial charge on any atom is 0.212 e. The van der Waals surface area contributed by atoms with Gasteiger partial charge in [0, 0.05) is 12.6 Å². The molecule has 4 heteroatoms. The lowest BCUT2D eigenvalue weighted by Gasteiger charge is -2.23. The largest absolute Gasteiger partial charge is 0.497 e. The summed E-state index contributed by atoms with van der Waals surface area (Å²) >= 11 is 0. The zero-order valence-electron chi connectivity index (χ0n) is 11.8. The normalized spacial score (nSPS) is 17.7. The van der Waals surface area contributed by atoms with Crippen LogP contribution in [0.4, 0.5) is 0 Å². The smallest absolute Gasteiger partial charge is 0.212 e. The molecular formula is C17H16N2O2. The van der Waals surface area contributed by atoms with E-state index in [2.05, 4.69) is 34.6 Å². The van der Waals surface area contributed by atoms with Crippen LogP contribution in [0.25, 0.3) is 11.1 Å². The first-order valence-electron chi connectivity index (χ1n) is 7.08. The van der Waals surface area contributed by atoms with E-state index in [4.69, 9.17) is 9.15 Å². The lowest BCUT2D eigenvalue weighted by atomic mass is 9.96. The molecule has 4 nitrogen and oxygen atoms in total. The molecule has 1 N–H and O–H groups in total. The fourth-order valence-corrected chi connectivity index (χ4v) is 2.83. The first-order chi connectivity index (χ1) is 10.3. The van der Waals surface area contributed by atoms with Gasteiger partial charge in [0.05, 0.1) is 13.2 Å². The number of hydrogen-bond acceptors (Lipinski definition) is 4. The number of ether oxygens (including phenoxy) is 1. The molecule has 2 aromatic carbocycles. The van der Waals surface area contributed by atoms with Crippen molar-refractivity contribution in [2.45, 2.75) is 19.0 Å². The third-order valence-corrected chi connectivity index (χ3v) is 3.99. The number of nitrogens with one attached hydrogen (secondary N) is 1. The standard InChI is InChI=1S/C17H16N2O2/c1-20-13-6-7-14-16(9-13)21-17(19-14)15-8-11-4-2-3-5-12(11)10-18-15/h2-7,9,15,18H,8,10H2,1H3. The zero-order chi connectivity index (χ0) is 14.2. The second-order valence-electron chi connectivity index (χ2n) is 5.29.